The Morgan fingerprint density at radius 1 is 1.30 bits per heavy atom. The van der Waals surface area contributed by atoms with Crippen LogP contribution in [0.3, 0.4) is 0 Å². The van der Waals surface area contributed by atoms with Gasteiger partial charge in [0.2, 0.25) is 0 Å². The van der Waals surface area contributed by atoms with Gasteiger partial charge in [-0.05, 0) is 67.9 Å². The lowest BCUT2D eigenvalue weighted by Gasteiger charge is -2.26. The highest BCUT2D eigenvalue weighted by Gasteiger charge is 2.29. The lowest BCUT2D eigenvalue weighted by Crippen LogP contribution is -2.38. The van der Waals surface area contributed by atoms with Crippen molar-refractivity contribution in [3.05, 3.63) is 64.4 Å². The summed E-state index contributed by atoms with van der Waals surface area (Å²) >= 11 is 5.99. The number of benzene rings is 1. The van der Waals surface area contributed by atoms with Crippen molar-refractivity contribution in [2.45, 2.75) is 25.4 Å². The number of rotatable bonds is 5. The van der Waals surface area contributed by atoms with Crippen LogP contribution < -0.4 is 5.32 Å². The number of piperidine rings is 1. The summed E-state index contributed by atoms with van der Waals surface area (Å²) in [4.78, 5) is 31.4. The number of ether oxygens (including phenoxy) is 1. The molecule has 0 saturated carbocycles. The fourth-order valence-electron chi connectivity index (χ4n) is 3.73. The van der Waals surface area contributed by atoms with Crippen LogP contribution >= 0.6 is 11.6 Å². The summed E-state index contributed by atoms with van der Waals surface area (Å²) in [5.74, 6) is -0.492. The number of halogens is 1. The molecule has 3 aliphatic rings. The molecule has 1 aromatic rings. The normalized spacial score (nSPS) is 22.8. The lowest BCUT2D eigenvalue weighted by atomic mass is 10.0. The zero-order valence-corrected chi connectivity index (χ0v) is 17.4. The van der Waals surface area contributed by atoms with Gasteiger partial charge in [0, 0.05) is 23.7 Å². The maximum atomic E-state index is 12.5. The molecule has 1 saturated heterocycles. The van der Waals surface area contributed by atoms with E-state index in [9.17, 15) is 9.59 Å². The van der Waals surface area contributed by atoms with E-state index in [4.69, 9.17) is 16.3 Å². The molecule has 0 spiro atoms. The third kappa shape index (κ3) is 5.07. The summed E-state index contributed by atoms with van der Waals surface area (Å²) in [7, 11) is 0. The average molecular weight is 426 g/mol. The topological polar surface area (TPSA) is 71.0 Å². The SMILES string of the molecule is O=C(NCCN1CCCCC1)C1=CC2=NC(=O)/C(=C\c3cccc(Cl)c3)OC2C=C1. The van der Waals surface area contributed by atoms with Crippen molar-refractivity contribution in [1.29, 1.82) is 0 Å². The van der Waals surface area contributed by atoms with Crippen molar-refractivity contribution in [1.82, 2.24) is 10.2 Å². The van der Waals surface area contributed by atoms with Gasteiger partial charge in [0.05, 0.1) is 5.71 Å². The number of likely N-dealkylation sites (tertiary alicyclic amines) is 1. The van der Waals surface area contributed by atoms with E-state index in [1.165, 1.54) is 19.3 Å². The maximum Gasteiger partial charge on any atom is 0.312 e. The smallest absolute Gasteiger partial charge is 0.312 e. The van der Waals surface area contributed by atoms with Gasteiger partial charge in [-0.3, -0.25) is 9.59 Å². The Hall–Kier alpha value is -2.70. The van der Waals surface area contributed by atoms with Crippen LogP contribution in [0.15, 0.2) is 58.8 Å². The molecule has 1 fully saturated rings. The summed E-state index contributed by atoms with van der Waals surface area (Å²) in [6.45, 7) is 3.65. The molecular formula is C23H24ClN3O3. The van der Waals surface area contributed by atoms with Crippen LogP contribution in [0.25, 0.3) is 6.08 Å². The Balaban J connectivity index is 1.39. The highest BCUT2D eigenvalue weighted by atomic mass is 35.5. The van der Waals surface area contributed by atoms with Gasteiger partial charge in [-0.25, -0.2) is 4.99 Å². The molecule has 0 radical (unpaired) electrons. The molecule has 2 aliphatic heterocycles. The maximum absolute atomic E-state index is 12.5. The predicted molar refractivity (Wildman–Crippen MR) is 117 cm³/mol. The van der Waals surface area contributed by atoms with Crippen LogP contribution in [0.2, 0.25) is 5.02 Å². The first-order valence-corrected chi connectivity index (χ1v) is 10.6. The van der Waals surface area contributed by atoms with Crippen LogP contribution in [0.1, 0.15) is 24.8 Å². The summed E-state index contributed by atoms with van der Waals surface area (Å²) in [5, 5.41) is 3.53. The summed E-state index contributed by atoms with van der Waals surface area (Å²) in [6.07, 6.45) is 9.96. The first kappa shape index (κ1) is 20.6. The van der Waals surface area contributed by atoms with Crippen molar-refractivity contribution in [2.75, 3.05) is 26.2 Å². The predicted octanol–water partition coefficient (Wildman–Crippen LogP) is 3.15. The molecule has 1 unspecified atom stereocenters. The number of aliphatic imine (C=N–C) groups is 1. The minimum absolute atomic E-state index is 0.151. The zero-order chi connectivity index (χ0) is 20.9. The number of nitrogens with zero attached hydrogens (tertiary/aromatic N) is 2. The molecule has 2 amide bonds. The van der Waals surface area contributed by atoms with E-state index in [1.807, 2.05) is 6.07 Å². The molecule has 1 aliphatic carbocycles. The Kier molecular flexibility index (Phi) is 6.45. The molecule has 7 heteroatoms. The van der Waals surface area contributed by atoms with E-state index >= 15 is 0 Å². The van der Waals surface area contributed by atoms with Crippen LogP contribution in [-0.2, 0) is 14.3 Å². The molecule has 6 nitrogen and oxygen atoms in total. The Morgan fingerprint density at radius 2 is 2.13 bits per heavy atom. The lowest BCUT2D eigenvalue weighted by molar-refractivity contribution is -0.119. The second-order valence-electron chi connectivity index (χ2n) is 7.56. The van der Waals surface area contributed by atoms with E-state index in [0.29, 0.717) is 22.9 Å². The minimum atomic E-state index is -0.488. The Morgan fingerprint density at radius 3 is 2.93 bits per heavy atom. The second kappa shape index (κ2) is 9.41. The van der Waals surface area contributed by atoms with Gasteiger partial charge in [-0.2, -0.15) is 0 Å². The third-order valence-electron chi connectivity index (χ3n) is 5.31. The molecule has 2 heterocycles. The second-order valence-corrected chi connectivity index (χ2v) is 8.00. The average Bonchev–Trinajstić information content (AvgIpc) is 2.75. The fourth-order valence-corrected chi connectivity index (χ4v) is 3.93. The number of amides is 2. The van der Waals surface area contributed by atoms with E-state index in [-0.39, 0.29) is 11.7 Å². The van der Waals surface area contributed by atoms with Gasteiger partial charge in [-0.15, -0.1) is 0 Å². The van der Waals surface area contributed by atoms with Gasteiger partial charge in [-0.1, -0.05) is 30.2 Å². The Labute approximate surface area is 180 Å². The largest absolute Gasteiger partial charge is 0.474 e. The molecule has 1 N–H and O–H groups in total. The van der Waals surface area contributed by atoms with Crippen LogP contribution in [0.5, 0.6) is 0 Å². The van der Waals surface area contributed by atoms with Crippen LogP contribution in [0.4, 0.5) is 0 Å². The number of carbonyl (C=O) groups is 2. The van der Waals surface area contributed by atoms with E-state index in [0.717, 1.165) is 25.2 Å². The fraction of sp³-hybridized carbons (Fsp3) is 0.348. The van der Waals surface area contributed by atoms with Crippen LogP contribution in [-0.4, -0.2) is 54.7 Å². The number of hydrogen-bond donors (Lipinski definition) is 1. The molecule has 156 valence electrons. The number of hydrogen-bond acceptors (Lipinski definition) is 4. The van der Waals surface area contributed by atoms with E-state index < -0.39 is 12.0 Å². The standard InChI is InChI=1S/C23H24ClN3O3/c24-18-6-4-5-16(13-18)14-21-23(29)26-19-15-17(7-8-20(19)30-21)22(28)25-9-12-27-10-2-1-3-11-27/h4-8,13-15,20H,1-3,9-12H2,(H,25,28)/b21-14+. The van der Waals surface area contributed by atoms with Crippen LogP contribution in [0, 0.1) is 0 Å². The molecule has 0 aromatic heterocycles. The Bertz CT molecular complexity index is 958. The molecule has 1 atom stereocenters. The highest BCUT2D eigenvalue weighted by molar-refractivity contribution is 6.30. The molecule has 1 aromatic carbocycles. The first-order valence-electron chi connectivity index (χ1n) is 10.3. The van der Waals surface area contributed by atoms with E-state index in [2.05, 4.69) is 15.2 Å². The quantitative estimate of drug-likeness (QED) is 0.736. The summed E-state index contributed by atoms with van der Waals surface area (Å²) in [5.41, 5.74) is 1.67. The third-order valence-corrected chi connectivity index (χ3v) is 5.55. The van der Waals surface area contributed by atoms with Crippen molar-refractivity contribution in [3.8, 4) is 0 Å². The number of carbonyl (C=O) groups excluding carboxylic acids is 2. The molecule has 0 bridgehead atoms. The number of fused-ring (bicyclic) bond motifs is 1. The molecular weight excluding hydrogens is 402 g/mol. The van der Waals surface area contributed by atoms with Gasteiger partial charge in [0.15, 0.2) is 11.9 Å². The monoisotopic (exact) mass is 425 g/mol. The zero-order valence-electron chi connectivity index (χ0n) is 16.6. The summed E-state index contributed by atoms with van der Waals surface area (Å²) < 4.78 is 5.80. The molecule has 30 heavy (non-hydrogen) atoms. The van der Waals surface area contributed by atoms with Gasteiger partial charge in [0.1, 0.15) is 0 Å². The number of nitrogens with one attached hydrogen (secondary N) is 1. The van der Waals surface area contributed by atoms with Gasteiger partial charge in [0.25, 0.3) is 5.91 Å². The van der Waals surface area contributed by atoms with Gasteiger partial charge < -0.3 is 15.0 Å². The van der Waals surface area contributed by atoms with Crippen molar-refractivity contribution in [2.24, 2.45) is 4.99 Å². The van der Waals surface area contributed by atoms with Crippen molar-refractivity contribution in [3.63, 3.8) is 0 Å². The highest BCUT2D eigenvalue weighted by Crippen LogP contribution is 2.23. The minimum Gasteiger partial charge on any atom is -0.474 e. The van der Waals surface area contributed by atoms with Crippen molar-refractivity contribution >= 4 is 35.2 Å². The molecule has 4 rings (SSSR count). The van der Waals surface area contributed by atoms with Crippen molar-refractivity contribution < 1.29 is 14.3 Å². The summed E-state index contributed by atoms with van der Waals surface area (Å²) in [6, 6.07) is 7.14. The first-order chi connectivity index (χ1) is 14.6. The van der Waals surface area contributed by atoms with E-state index in [1.54, 1.807) is 42.5 Å². The van der Waals surface area contributed by atoms with Gasteiger partial charge >= 0.3 is 5.91 Å².